The molecule has 0 aliphatic heterocycles. The number of carbonyl (C=O) groups excluding carboxylic acids is 1. The van der Waals surface area contributed by atoms with Gasteiger partial charge in [0.25, 0.3) is 10.0 Å². The first-order chi connectivity index (χ1) is 16.6. The van der Waals surface area contributed by atoms with Crippen LogP contribution in [0.15, 0.2) is 65.8 Å². The average molecular weight is 495 g/mol. The SMILES string of the molecule is COC(=O)c1cc(-c2nc(Nc3cccc(F)c3C)ncc2C)cn1S(=O)(=O)c1ccc(C)cc1. The number of hydrogen-bond donors (Lipinski definition) is 1. The van der Waals surface area contributed by atoms with Gasteiger partial charge in [0.15, 0.2) is 0 Å². The lowest BCUT2D eigenvalue weighted by atomic mass is 10.1. The molecule has 0 atom stereocenters. The Morgan fingerprint density at radius 1 is 1.09 bits per heavy atom. The second-order valence-electron chi connectivity index (χ2n) is 7.98. The quantitative estimate of drug-likeness (QED) is 0.385. The molecule has 0 unspecified atom stereocenters. The van der Waals surface area contributed by atoms with Crippen molar-refractivity contribution in [2.24, 2.45) is 0 Å². The predicted molar refractivity (Wildman–Crippen MR) is 130 cm³/mol. The van der Waals surface area contributed by atoms with Gasteiger partial charge in [-0.3, -0.25) is 0 Å². The number of rotatable bonds is 6. The fourth-order valence-electron chi connectivity index (χ4n) is 3.51. The third-order valence-corrected chi connectivity index (χ3v) is 7.21. The molecule has 0 saturated heterocycles. The van der Waals surface area contributed by atoms with E-state index in [0.29, 0.717) is 28.1 Å². The number of methoxy groups -OCH3 is 1. The van der Waals surface area contributed by atoms with Crippen LogP contribution in [0.4, 0.5) is 16.0 Å². The van der Waals surface area contributed by atoms with Crippen LogP contribution < -0.4 is 5.32 Å². The minimum atomic E-state index is -4.10. The van der Waals surface area contributed by atoms with Gasteiger partial charge in [0.05, 0.1) is 17.7 Å². The van der Waals surface area contributed by atoms with E-state index in [4.69, 9.17) is 4.74 Å². The standard InChI is InChI=1S/C25H23FN4O4S/c1-15-8-10-19(11-9-15)35(32,33)30-14-18(12-22(30)24(31)34-4)23-16(2)13-27-25(29-23)28-21-7-5-6-20(26)17(21)3/h5-14H,1-4H3,(H,27,28,29). The fraction of sp³-hybridized carbons (Fsp3) is 0.160. The first kappa shape index (κ1) is 24.1. The van der Waals surface area contributed by atoms with Crippen LogP contribution in [-0.4, -0.2) is 35.4 Å². The topological polar surface area (TPSA) is 103 Å². The molecule has 180 valence electrons. The highest BCUT2D eigenvalue weighted by atomic mass is 32.2. The summed E-state index contributed by atoms with van der Waals surface area (Å²) in [5.74, 6) is -0.996. The van der Waals surface area contributed by atoms with Crippen molar-refractivity contribution >= 4 is 27.6 Å². The Bertz CT molecular complexity index is 1530. The molecule has 0 spiro atoms. The summed E-state index contributed by atoms with van der Waals surface area (Å²) in [6, 6.07) is 12.3. The molecule has 0 fully saturated rings. The Morgan fingerprint density at radius 2 is 1.80 bits per heavy atom. The highest BCUT2D eigenvalue weighted by molar-refractivity contribution is 7.90. The molecule has 0 amide bonds. The van der Waals surface area contributed by atoms with Crippen molar-refractivity contribution in [2.75, 3.05) is 12.4 Å². The number of aromatic nitrogens is 3. The molecule has 4 rings (SSSR count). The second kappa shape index (κ2) is 9.30. The lowest BCUT2D eigenvalue weighted by Gasteiger charge is -2.11. The van der Waals surface area contributed by atoms with E-state index in [9.17, 15) is 17.6 Å². The van der Waals surface area contributed by atoms with E-state index >= 15 is 0 Å². The van der Waals surface area contributed by atoms with Gasteiger partial charge >= 0.3 is 5.97 Å². The summed E-state index contributed by atoms with van der Waals surface area (Å²) in [4.78, 5) is 21.3. The van der Waals surface area contributed by atoms with E-state index in [1.807, 2.05) is 6.92 Å². The molecule has 10 heteroatoms. The summed E-state index contributed by atoms with van der Waals surface area (Å²) in [6.45, 7) is 5.24. The van der Waals surface area contributed by atoms with E-state index < -0.39 is 16.0 Å². The Morgan fingerprint density at radius 3 is 2.49 bits per heavy atom. The number of halogens is 1. The molecule has 0 saturated carbocycles. The van der Waals surface area contributed by atoms with Crippen LogP contribution in [-0.2, 0) is 14.8 Å². The molecule has 35 heavy (non-hydrogen) atoms. The van der Waals surface area contributed by atoms with Crippen molar-refractivity contribution in [3.8, 4) is 11.3 Å². The minimum absolute atomic E-state index is 0.0266. The number of anilines is 2. The maximum atomic E-state index is 13.9. The molecular weight excluding hydrogens is 471 g/mol. The van der Waals surface area contributed by atoms with Gasteiger partial charge in [0, 0.05) is 29.2 Å². The van der Waals surface area contributed by atoms with E-state index in [1.54, 1.807) is 44.3 Å². The minimum Gasteiger partial charge on any atom is -0.464 e. The van der Waals surface area contributed by atoms with Crippen molar-refractivity contribution < 1.29 is 22.3 Å². The van der Waals surface area contributed by atoms with E-state index in [1.165, 1.54) is 37.6 Å². The van der Waals surface area contributed by atoms with Crippen LogP contribution in [0.25, 0.3) is 11.3 Å². The number of ether oxygens (including phenoxy) is 1. The van der Waals surface area contributed by atoms with Gasteiger partial charge in [-0.15, -0.1) is 0 Å². The largest absolute Gasteiger partial charge is 0.464 e. The smallest absolute Gasteiger partial charge is 0.355 e. The van der Waals surface area contributed by atoms with E-state index in [0.717, 1.165) is 9.54 Å². The number of nitrogens with zero attached hydrogens (tertiary/aromatic N) is 3. The molecule has 2 aromatic carbocycles. The van der Waals surface area contributed by atoms with Gasteiger partial charge in [-0.1, -0.05) is 23.8 Å². The van der Waals surface area contributed by atoms with Crippen LogP contribution in [0.5, 0.6) is 0 Å². The number of benzene rings is 2. The first-order valence-corrected chi connectivity index (χ1v) is 12.0. The van der Waals surface area contributed by atoms with Crippen molar-refractivity contribution in [1.29, 1.82) is 0 Å². The molecule has 8 nitrogen and oxygen atoms in total. The zero-order chi connectivity index (χ0) is 25.3. The van der Waals surface area contributed by atoms with Gasteiger partial charge in [0.2, 0.25) is 5.95 Å². The summed E-state index contributed by atoms with van der Waals surface area (Å²) < 4.78 is 46.4. The molecule has 0 bridgehead atoms. The summed E-state index contributed by atoms with van der Waals surface area (Å²) in [6.07, 6.45) is 2.89. The maximum absolute atomic E-state index is 13.9. The van der Waals surface area contributed by atoms with Gasteiger partial charge in [-0.05, 0) is 56.7 Å². The zero-order valence-electron chi connectivity index (χ0n) is 19.5. The summed E-state index contributed by atoms with van der Waals surface area (Å²) in [5.41, 5.74) is 3.05. The third-order valence-electron chi connectivity index (χ3n) is 5.52. The fourth-order valence-corrected chi connectivity index (χ4v) is 4.85. The van der Waals surface area contributed by atoms with Crippen molar-refractivity contribution in [3.63, 3.8) is 0 Å². The number of nitrogens with one attached hydrogen (secondary N) is 1. The molecule has 4 aromatic rings. The summed E-state index contributed by atoms with van der Waals surface area (Å²) in [7, 11) is -2.92. The van der Waals surface area contributed by atoms with E-state index in [-0.39, 0.29) is 22.4 Å². The lowest BCUT2D eigenvalue weighted by Crippen LogP contribution is -2.18. The van der Waals surface area contributed by atoms with E-state index in [2.05, 4.69) is 15.3 Å². The monoisotopic (exact) mass is 494 g/mol. The van der Waals surface area contributed by atoms with Crippen LogP contribution >= 0.6 is 0 Å². The van der Waals surface area contributed by atoms with Gasteiger partial charge in [-0.25, -0.2) is 31.5 Å². The number of aryl methyl sites for hydroxylation is 2. The number of hydrogen-bond acceptors (Lipinski definition) is 7. The maximum Gasteiger partial charge on any atom is 0.355 e. The highest BCUT2D eigenvalue weighted by Gasteiger charge is 2.26. The van der Waals surface area contributed by atoms with Crippen molar-refractivity contribution in [1.82, 2.24) is 13.9 Å². The van der Waals surface area contributed by atoms with Crippen LogP contribution in [0.2, 0.25) is 0 Å². The van der Waals surface area contributed by atoms with Gasteiger partial charge in [0.1, 0.15) is 11.5 Å². The summed E-state index contributed by atoms with van der Waals surface area (Å²) >= 11 is 0. The highest BCUT2D eigenvalue weighted by Crippen LogP contribution is 2.29. The zero-order valence-corrected chi connectivity index (χ0v) is 20.4. The normalized spacial score (nSPS) is 11.3. The molecule has 0 radical (unpaired) electrons. The number of esters is 1. The molecule has 2 heterocycles. The van der Waals surface area contributed by atoms with Crippen molar-refractivity contribution in [3.05, 3.63) is 89.1 Å². The second-order valence-corrected chi connectivity index (χ2v) is 9.80. The molecule has 0 aliphatic carbocycles. The Kier molecular flexibility index (Phi) is 6.40. The molecular formula is C25H23FN4O4S. The van der Waals surface area contributed by atoms with Crippen molar-refractivity contribution in [2.45, 2.75) is 25.7 Å². The molecule has 1 N–H and O–H groups in total. The first-order valence-electron chi connectivity index (χ1n) is 10.6. The van der Waals surface area contributed by atoms with Gasteiger partial charge < -0.3 is 10.1 Å². The number of carbonyl (C=O) groups is 1. The molecule has 2 aromatic heterocycles. The van der Waals surface area contributed by atoms with Crippen LogP contribution in [0.3, 0.4) is 0 Å². The average Bonchev–Trinajstić information content (AvgIpc) is 3.29. The summed E-state index contributed by atoms with van der Waals surface area (Å²) in [5, 5.41) is 2.99. The van der Waals surface area contributed by atoms with Gasteiger partial charge in [-0.2, -0.15) is 0 Å². The third kappa shape index (κ3) is 4.65. The van der Waals surface area contributed by atoms with Crippen LogP contribution in [0.1, 0.15) is 27.2 Å². The Hall–Kier alpha value is -4.05. The van der Waals surface area contributed by atoms with Crippen LogP contribution in [0, 0.1) is 26.6 Å². The molecule has 0 aliphatic rings. The predicted octanol–water partition coefficient (Wildman–Crippen LogP) is 4.78. The lowest BCUT2D eigenvalue weighted by molar-refractivity contribution is 0.0593. The Balaban J connectivity index is 1.81. The Labute approximate surface area is 202 Å².